The van der Waals surface area contributed by atoms with Crippen LogP contribution < -0.4 is 0 Å². The van der Waals surface area contributed by atoms with Gasteiger partial charge in [0.1, 0.15) is 11.3 Å². The predicted octanol–water partition coefficient (Wildman–Crippen LogP) is 3.15. The van der Waals surface area contributed by atoms with Gasteiger partial charge in [0, 0.05) is 0 Å². The average Bonchev–Trinajstić information content (AvgIpc) is 2.76. The number of fused-ring (bicyclic) bond motifs is 2. The van der Waals surface area contributed by atoms with Gasteiger partial charge in [0.25, 0.3) is 0 Å². The van der Waals surface area contributed by atoms with Crippen molar-refractivity contribution in [1.29, 1.82) is 0 Å². The SMILES string of the molecule is COC(=O)c1cc2c(cc1O)C1(CC2)SCCCS1. The molecule has 1 aliphatic heterocycles. The molecule has 102 valence electrons. The number of aryl methyl sites for hydroxylation is 1. The number of hydrogen-bond donors (Lipinski definition) is 1. The maximum atomic E-state index is 11.6. The normalized spacial score (nSPS) is 20.3. The van der Waals surface area contributed by atoms with Gasteiger partial charge < -0.3 is 9.84 Å². The maximum absolute atomic E-state index is 11.6. The Labute approximate surface area is 121 Å². The minimum atomic E-state index is -0.467. The van der Waals surface area contributed by atoms with E-state index in [-0.39, 0.29) is 15.4 Å². The highest BCUT2D eigenvalue weighted by Gasteiger charge is 2.42. The highest BCUT2D eigenvalue weighted by molar-refractivity contribution is 8.18. The highest BCUT2D eigenvalue weighted by atomic mass is 32.2. The summed E-state index contributed by atoms with van der Waals surface area (Å²) in [6, 6.07) is 3.58. The highest BCUT2D eigenvalue weighted by Crippen LogP contribution is 2.58. The molecule has 1 N–H and O–H groups in total. The van der Waals surface area contributed by atoms with Gasteiger partial charge in [-0.2, -0.15) is 0 Å². The second kappa shape index (κ2) is 4.94. The van der Waals surface area contributed by atoms with E-state index in [2.05, 4.69) is 0 Å². The van der Waals surface area contributed by atoms with Crippen molar-refractivity contribution in [2.75, 3.05) is 18.6 Å². The van der Waals surface area contributed by atoms with Crippen LogP contribution in [0.25, 0.3) is 0 Å². The van der Waals surface area contributed by atoms with Crippen molar-refractivity contribution < 1.29 is 14.6 Å². The molecule has 1 aromatic carbocycles. The lowest BCUT2D eigenvalue weighted by atomic mass is 10.0. The van der Waals surface area contributed by atoms with E-state index < -0.39 is 5.97 Å². The number of hydrogen-bond acceptors (Lipinski definition) is 5. The number of carbonyl (C=O) groups excluding carboxylic acids is 1. The zero-order valence-corrected chi connectivity index (χ0v) is 12.4. The van der Waals surface area contributed by atoms with Crippen molar-refractivity contribution in [1.82, 2.24) is 0 Å². The Morgan fingerprint density at radius 2 is 2.11 bits per heavy atom. The third-order valence-electron chi connectivity index (χ3n) is 3.72. The molecule has 1 heterocycles. The smallest absolute Gasteiger partial charge is 0.341 e. The molecule has 0 saturated carbocycles. The molecule has 0 atom stereocenters. The van der Waals surface area contributed by atoms with Crippen LogP contribution in [0.15, 0.2) is 12.1 Å². The third kappa shape index (κ3) is 2.13. The molecule has 3 rings (SSSR count). The lowest BCUT2D eigenvalue weighted by Gasteiger charge is -2.33. The number of aromatic hydroxyl groups is 1. The quantitative estimate of drug-likeness (QED) is 0.807. The zero-order valence-electron chi connectivity index (χ0n) is 10.8. The van der Waals surface area contributed by atoms with Crippen molar-refractivity contribution in [3.8, 4) is 5.75 Å². The summed E-state index contributed by atoms with van der Waals surface area (Å²) in [6.07, 6.45) is 3.31. The summed E-state index contributed by atoms with van der Waals surface area (Å²) in [5, 5.41) is 10.1. The fourth-order valence-electron chi connectivity index (χ4n) is 2.78. The van der Waals surface area contributed by atoms with Gasteiger partial charge >= 0.3 is 5.97 Å². The summed E-state index contributed by atoms with van der Waals surface area (Å²) in [6.45, 7) is 0. The van der Waals surface area contributed by atoms with Crippen LogP contribution in [0.2, 0.25) is 0 Å². The lowest BCUT2D eigenvalue weighted by molar-refractivity contribution is 0.0597. The van der Waals surface area contributed by atoms with Gasteiger partial charge in [0.05, 0.1) is 11.2 Å². The molecule has 1 spiro atoms. The topological polar surface area (TPSA) is 46.5 Å². The number of methoxy groups -OCH3 is 1. The molecule has 5 heteroatoms. The second-order valence-corrected chi connectivity index (χ2v) is 7.87. The molecule has 19 heavy (non-hydrogen) atoms. The molecule has 1 saturated heterocycles. The van der Waals surface area contributed by atoms with Gasteiger partial charge in [0.15, 0.2) is 0 Å². The number of carbonyl (C=O) groups is 1. The molecule has 0 amide bonds. The average molecular weight is 296 g/mol. The summed E-state index contributed by atoms with van der Waals surface area (Å²) in [4.78, 5) is 11.6. The fourth-order valence-corrected chi connectivity index (χ4v) is 6.21. The molecule has 1 aromatic rings. The molecule has 0 radical (unpaired) electrons. The van der Waals surface area contributed by atoms with Gasteiger partial charge in [-0.15, -0.1) is 23.5 Å². The van der Waals surface area contributed by atoms with Crippen molar-refractivity contribution >= 4 is 29.5 Å². The Bertz CT molecular complexity index is 522. The van der Waals surface area contributed by atoms with Gasteiger partial charge in [-0.05, 0) is 54.0 Å². The Morgan fingerprint density at radius 1 is 1.37 bits per heavy atom. The summed E-state index contributed by atoms with van der Waals surface area (Å²) in [5.74, 6) is 1.92. The van der Waals surface area contributed by atoms with Crippen LogP contribution in [-0.4, -0.2) is 29.7 Å². The first-order chi connectivity index (χ1) is 9.16. The number of esters is 1. The second-order valence-electron chi connectivity index (χ2n) is 4.82. The number of thioether (sulfide) groups is 2. The van der Waals surface area contributed by atoms with Crippen molar-refractivity contribution in [2.45, 2.75) is 23.3 Å². The summed E-state index contributed by atoms with van der Waals surface area (Å²) < 4.78 is 4.80. The largest absolute Gasteiger partial charge is 0.507 e. The number of phenolic OH excluding ortho intramolecular Hbond substituents is 1. The Balaban J connectivity index is 2.03. The molecule has 3 nitrogen and oxygen atoms in total. The molecule has 0 aromatic heterocycles. The molecule has 0 unspecified atom stereocenters. The van der Waals surface area contributed by atoms with Crippen molar-refractivity contribution in [3.05, 3.63) is 28.8 Å². The molecular weight excluding hydrogens is 280 g/mol. The van der Waals surface area contributed by atoms with Gasteiger partial charge in [-0.3, -0.25) is 0 Å². The standard InChI is InChI=1S/C14H16O3S2/c1-17-13(16)10-7-9-3-4-14(11(9)8-12(10)15)18-5-2-6-19-14/h7-8,15H,2-6H2,1H3. The van der Waals surface area contributed by atoms with E-state index >= 15 is 0 Å². The molecule has 2 aliphatic rings. The summed E-state index contributed by atoms with van der Waals surface area (Å²) in [5.41, 5.74) is 2.66. The van der Waals surface area contributed by atoms with Crippen molar-refractivity contribution in [2.24, 2.45) is 0 Å². The number of benzene rings is 1. The summed E-state index contributed by atoms with van der Waals surface area (Å²) >= 11 is 3.96. The minimum Gasteiger partial charge on any atom is -0.507 e. The van der Waals surface area contributed by atoms with Crippen LogP contribution >= 0.6 is 23.5 Å². The molecule has 1 aliphatic carbocycles. The Morgan fingerprint density at radius 3 is 2.79 bits per heavy atom. The molecule has 0 bridgehead atoms. The predicted molar refractivity (Wildman–Crippen MR) is 79.0 cm³/mol. The van der Waals surface area contributed by atoms with Gasteiger partial charge in [0.2, 0.25) is 0 Å². The number of phenols is 1. The van der Waals surface area contributed by atoms with Gasteiger partial charge in [-0.1, -0.05) is 0 Å². The number of ether oxygens (including phenoxy) is 1. The lowest BCUT2D eigenvalue weighted by Crippen LogP contribution is -2.19. The van der Waals surface area contributed by atoms with Crippen molar-refractivity contribution in [3.63, 3.8) is 0 Å². The number of rotatable bonds is 1. The van der Waals surface area contributed by atoms with Crippen LogP contribution in [-0.2, 0) is 15.2 Å². The Hall–Kier alpha value is -0.810. The zero-order chi connectivity index (χ0) is 13.5. The maximum Gasteiger partial charge on any atom is 0.341 e. The van der Waals surface area contributed by atoms with E-state index in [1.165, 1.54) is 36.2 Å². The summed E-state index contributed by atoms with van der Waals surface area (Å²) in [7, 11) is 1.34. The van der Waals surface area contributed by atoms with E-state index in [0.717, 1.165) is 12.8 Å². The van der Waals surface area contributed by atoms with Gasteiger partial charge in [-0.25, -0.2) is 4.79 Å². The molecular formula is C14H16O3S2. The molecule has 1 fully saturated rings. The van der Waals surface area contributed by atoms with Crippen LogP contribution in [0.4, 0.5) is 0 Å². The fraction of sp³-hybridized carbons (Fsp3) is 0.500. The van der Waals surface area contributed by atoms with E-state index in [4.69, 9.17) is 4.74 Å². The van der Waals surface area contributed by atoms with E-state index in [0.29, 0.717) is 0 Å². The first-order valence-electron chi connectivity index (χ1n) is 6.39. The van der Waals surface area contributed by atoms with Crippen LogP contribution in [0, 0.1) is 0 Å². The van der Waals surface area contributed by atoms with Crippen LogP contribution in [0.3, 0.4) is 0 Å². The van der Waals surface area contributed by atoms with E-state index in [9.17, 15) is 9.90 Å². The first-order valence-corrected chi connectivity index (χ1v) is 8.36. The van der Waals surface area contributed by atoms with Crippen LogP contribution in [0.5, 0.6) is 5.75 Å². The first kappa shape index (κ1) is 13.2. The minimum absolute atomic E-state index is 0.0404. The van der Waals surface area contributed by atoms with E-state index in [1.807, 2.05) is 23.5 Å². The van der Waals surface area contributed by atoms with Crippen LogP contribution in [0.1, 0.15) is 34.3 Å². The Kier molecular flexibility index (Phi) is 3.43. The monoisotopic (exact) mass is 296 g/mol. The van der Waals surface area contributed by atoms with E-state index in [1.54, 1.807) is 12.1 Å². The third-order valence-corrected chi connectivity index (χ3v) is 7.19.